The third kappa shape index (κ3) is 8.26. The zero-order valence-electron chi connectivity index (χ0n) is 20.0. The Labute approximate surface area is 204 Å². The molecule has 2 rings (SSSR count). The topological polar surface area (TPSA) is 94.9 Å². The van der Waals surface area contributed by atoms with Crippen molar-refractivity contribution >= 4 is 17.8 Å². The summed E-state index contributed by atoms with van der Waals surface area (Å²) in [6.45, 7) is 14.9. The van der Waals surface area contributed by atoms with Gasteiger partial charge in [-0.15, -0.1) is 0 Å². The molecule has 0 aliphatic rings. The van der Waals surface area contributed by atoms with E-state index in [0.29, 0.717) is 22.4 Å². The lowest BCUT2D eigenvalue weighted by atomic mass is 10.1. The number of carbonyl (C=O) groups excluding carboxylic acids is 2. The zero-order valence-corrected chi connectivity index (χ0v) is 20.0. The lowest BCUT2D eigenvalue weighted by Gasteiger charge is -2.19. The minimum absolute atomic E-state index is 0.0711. The molecular weight excluding hydrogens is 453 g/mol. The minimum atomic E-state index is -0.773. The molecule has 0 saturated heterocycles. The number of esters is 2. The number of halogens is 1. The van der Waals surface area contributed by atoms with Gasteiger partial charge in [0.05, 0.1) is 0 Å². The van der Waals surface area contributed by atoms with Gasteiger partial charge in [-0.05, 0) is 56.2 Å². The molecule has 35 heavy (non-hydrogen) atoms. The van der Waals surface area contributed by atoms with Gasteiger partial charge >= 0.3 is 11.9 Å². The van der Waals surface area contributed by atoms with E-state index in [-0.39, 0.29) is 36.0 Å². The van der Waals surface area contributed by atoms with Crippen molar-refractivity contribution in [2.45, 2.75) is 26.9 Å². The number of carbonyl (C=O) groups is 2. The smallest absolute Gasteiger partial charge is 0.333 e. The van der Waals surface area contributed by atoms with Crippen LogP contribution in [-0.4, -0.2) is 37.2 Å². The Balaban J connectivity index is 2.12. The summed E-state index contributed by atoms with van der Waals surface area (Å²) >= 11 is 0. The first-order chi connectivity index (χ1) is 16.5. The van der Waals surface area contributed by atoms with E-state index in [9.17, 15) is 14.0 Å². The summed E-state index contributed by atoms with van der Waals surface area (Å²) in [5.74, 6) is -1.66. The summed E-state index contributed by atoms with van der Waals surface area (Å²) in [6.07, 6.45) is -0.773. The van der Waals surface area contributed by atoms with Crippen molar-refractivity contribution in [3.63, 3.8) is 0 Å². The van der Waals surface area contributed by atoms with Gasteiger partial charge in [-0.1, -0.05) is 37.9 Å². The second-order valence-electron chi connectivity index (χ2n) is 7.88. The van der Waals surface area contributed by atoms with Crippen molar-refractivity contribution in [2.75, 3.05) is 13.2 Å². The Morgan fingerprint density at radius 2 is 1.37 bits per heavy atom. The van der Waals surface area contributed by atoms with Gasteiger partial charge in [0.2, 0.25) is 5.90 Å². The van der Waals surface area contributed by atoms with Gasteiger partial charge in [-0.2, -0.15) is 0 Å². The SMILES string of the molecule is C=C(C)C(=N)Oc1ccc(-c2ccc(OC(COC(=O)C(=C)C)COC(=O)C(=C)C)cc2)cc1F. The van der Waals surface area contributed by atoms with E-state index in [2.05, 4.69) is 19.7 Å². The van der Waals surface area contributed by atoms with Gasteiger partial charge in [0, 0.05) is 16.7 Å². The summed E-state index contributed by atoms with van der Waals surface area (Å²) in [6, 6.07) is 11.2. The molecule has 2 aromatic carbocycles. The average molecular weight is 482 g/mol. The van der Waals surface area contributed by atoms with Crippen LogP contribution in [-0.2, 0) is 19.1 Å². The van der Waals surface area contributed by atoms with Crippen molar-refractivity contribution in [1.82, 2.24) is 0 Å². The third-order valence-corrected chi connectivity index (χ3v) is 4.52. The van der Waals surface area contributed by atoms with E-state index in [1.807, 2.05) is 0 Å². The number of benzene rings is 2. The molecular formula is C27H28FNO6. The second kappa shape index (κ2) is 12.3. The molecule has 7 nitrogen and oxygen atoms in total. The summed E-state index contributed by atoms with van der Waals surface area (Å²) in [5, 5.41) is 7.66. The highest BCUT2D eigenvalue weighted by Crippen LogP contribution is 2.28. The fraction of sp³-hybridized carbons (Fsp3) is 0.222. The molecule has 0 fully saturated rings. The number of rotatable bonds is 11. The van der Waals surface area contributed by atoms with Crippen LogP contribution in [0.3, 0.4) is 0 Å². The fourth-order valence-electron chi connectivity index (χ4n) is 2.58. The molecule has 0 unspecified atom stereocenters. The largest absolute Gasteiger partial charge is 0.483 e. The van der Waals surface area contributed by atoms with Gasteiger partial charge < -0.3 is 18.9 Å². The maximum absolute atomic E-state index is 14.5. The molecule has 0 aliphatic heterocycles. The Kier molecular flexibility index (Phi) is 9.52. The number of hydrogen-bond donors (Lipinski definition) is 1. The molecule has 0 atom stereocenters. The van der Waals surface area contributed by atoms with Crippen molar-refractivity contribution in [2.24, 2.45) is 0 Å². The molecule has 0 aromatic heterocycles. The summed E-state index contributed by atoms with van der Waals surface area (Å²) in [4.78, 5) is 23.5. The molecule has 1 N–H and O–H groups in total. The maximum atomic E-state index is 14.5. The maximum Gasteiger partial charge on any atom is 0.333 e. The predicted octanol–water partition coefficient (Wildman–Crippen LogP) is 5.41. The molecule has 2 aromatic rings. The van der Waals surface area contributed by atoms with E-state index in [1.165, 1.54) is 26.0 Å². The van der Waals surface area contributed by atoms with Gasteiger partial charge in [0.15, 0.2) is 17.7 Å². The highest BCUT2D eigenvalue weighted by atomic mass is 19.1. The number of hydrogen-bond acceptors (Lipinski definition) is 7. The summed E-state index contributed by atoms with van der Waals surface area (Å²) in [7, 11) is 0. The normalized spacial score (nSPS) is 10.3. The van der Waals surface area contributed by atoms with Crippen LogP contribution in [0.4, 0.5) is 4.39 Å². The van der Waals surface area contributed by atoms with Crippen LogP contribution in [0.5, 0.6) is 11.5 Å². The van der Waals surface area contributed by atoms with Gasteiger partial charge in [0.1, 0.15) is 19.0 Å². The molecule has 0 saturated carbocycles. The highest BCUT2D eigenvalue weighted by molar-refractivity contribution is 5.91. The Morgan fingerprint density at radius 3 is 1.83 bits per heavy atom. The Hall–Kier alpha value is -4.20. The molecule has 0 amide bonds. The lowest BCUT2D eigenvalue weighted by molar-refractivity contribution is -0.146. The van der Waals surface area contributed by atoms with Crippen LogP contribution in [0.1, 0.15) is 20.8 Å². The quantitative estimate of drug-likeness (QED) is 0.200. The van der Waals surface area contributed by atoms with Crippen LogP contribution in [0.15, 0.2) is 78.9 Å². The highest BCUT2D eigenvalue weighted by Gasteiger charge is 2.18. The van der Waals surface area contributed by atoms with E-state index in [0.717, 1.165) is 0 Å². The van der Waals surface area contributed by atoms with Crippen molar-refractivity contribution < 1.29 is 32.9 Å². The lowest BCUT2D eigenvalue weighted by Crippen LogP contribution is -2.31. The van der Waals surface area contributed by atoms with E-state index in [4.69, 9.17) is 24.4 Å². The molecule has 8 heteroatoms. The molecule has 0 radical (unpaired) electrons. The fourth-order valence-corrected chi connectivity index (χ4v) is 2.58. The zero-order chi connectivity index (χ0) is 26.1. The summed E-state index contributed by atoms with van der Waals surface area (Å²) < 4.78 is 35.7. The molecule has 0 spiro atoms. The van der Waals surface area contributed by atoms with Crippen LogP contribution in [0, 0.1) is 11.2 Å². The summed E-state index contributed by atoms with van der Waals surface area (Å²) in [5.41, 5.74) is 2.13. The molecule has 0 bridgehead atoms. The van der Waals surface area contributed by atoms with Crippen LogP contribution >= 0.6 is 0 Å². The minimum Gasteiger partial charge on any atom is -0.483 e. The molecule has 0 heterocycles. The van der Waals surface area contributed by atoms with Crippen molar-refractivity contribution in [3.05, 3.63) is 84.7 Å². The van der Waals surface area contributed by atoms with Crippen LogP contribution in [0.2, 0.25) is 0 Å². The molecule has 184 valence electrons. The van der Waals surface area contributed by atoms with E-state index in [1.54, 1.807) is 37.3 Å². The standard InChI is InChI=1S/C27H28FNO6/c1-16(2)25(29)35-24-12-9-20(13-23(24)28)19-7-10-21(11-8-19)34-22(14-32-26(30)17(3)4)15-33-27(31)18(5)6/h7-13,22,29H,1,3,5,14-15H2,2,4,6H3. The first-order valence-electron chi connectivity index (χ1n) is 10.6. The monoisotopic (exact) mass is 481 g/mol. The Morgan fingerprint density at radius 1 is 0.857 bits per heavy atom. The third-order valence-electron chi connectivity index (χ3n) is 4.52. The second-order valence-corrected chi connectivity index (χ2v) is 7.88. The van der Waals surface area contributed by atoms with Crippen molar-refractivity contribution in [1.29, 1.82) is 5.41 Å². The van der Waals surface area contributed by atoms with Gasteiger partial charge in [0.25, 0.3) is 0 Å². The molecule has 0 aliphatic carbocycles. The van der Waals surface area contributed by atoms with Crippen molar-refractivity contribution in [3.8, 4) is 22.6 Å². The van der Waals surface area contributed by atoms with E-state index >= 15 is 0 Å². The first kappa shape index (κ1) is 27.0. The number of nitrogens with one attached hydrogen (secondary N) is 1. The van der Waals surface area contributed by atoms with Gasteiger partial charge in [-0.25, -0.2) is 14.0 Å². The Bertz CT molecular complexity index is 1120. The predicted molar refractivity (Wildman–Crippen MR) is 131 cm³/mol. The first-order valence-corrected chi connectivity index (χ1v) is 10.6. The van der Waals surface area contributed by atoms with Gasteiger partial charge in [-0.3, -0.25) is 5.41 Å². The average Bonchev–Trinajstić information content (AvgIpc) is 2.81. The van der Waals surface area contributed by atoms with Crippen LogP contribution < -0.4 is 9.47 Å². The number of ether oxygens (including phenoxy) is 4. The van der Waals surface area contributed by atoms with E-state index < -0.39 is 23.9 Å². The van der Waals surface area contributed by atoms with Crippen LogP contribution in [0.25, 0.3) is 11.1 Å².